The summed E-state index contributed by atoms with van der Waals surface area (Å²) in [7, 11) is 0. The number of nitrogens with one attached hydrogen (secondary N) is 1. The van der Waals surface area contributed by atoms with Crippen molar-refractivity contribution < 1.29 is 42.9 Å². The maximum atomic E-state index is 12.0. The van der Waals surface area contributed by atoms with Crippen molar-refractivity contribution in [3.63, 3.8) is 0 Å². The Balaban J connectivity index is 2.03. The second-order valence-electron chi connectivity index (χ2n) is 7.82. The first kappa shape index (κ1) is 25.0. The third kappa shape index (κ3) is 6.22. The third-order valence-corrected chi connectivity index (χ3v) is 5.06. The Morgan fingerprint density at radius 1 is 0.853 bits per heavy atom. The van der Waals surface area contributed by atoms with Gasteiger partial charge in [0.15, 0.2) is 12.2 Å². The number of esters is 3. The van der Waals surface area contributed by atoms with Crippen LogP contribution in [-0.2, 0) is 38.1 Å². The molecule has 1 heterocycles. The number of hydrogen-bond acceptors (Lipinski definition) is 9. The fraction of sp³-hybridized carbons (Fsp3) is 0.417. The lowest BCUT2D eigenvalue weighted by molar-refractivity contribution is -0.256. The summed E-state index contributed by atoms with van der Waals surface area (Å²) in [6, 6.07) is 11.9. The van der Waals surface area contributed by atoms with E-state index in [0.29, 0.717) is 5.75 Å². The van der Waals surface area contributed by atoms with E-state index in [1.165, 1.54) is 27.7 Å². The molecule has 0 aliphatic carbocycles. The Morgan fingerprint density at radius 2 is 1.50 bits per heavy atom. The number of carbonyl (C=O) groups is 4. The van der Waals surface area contributed by atoms with E-state index in [1.54, 1.807) is 12.1 Å². The second kappa shape index (κ2) is 11.0. The quantitative estimate of drug-likeness (QED) is 0.474. The monoisotopic (exact) mass is 473 g/mol. The summed E-state index contributed by atoms with van der Waals surface area (Å²) in [6.07, 6.45) is -4.57. The Kier molecular flexibility index (Phi) is 8.06. The summed E-state index contributed by atoms with van der Waals surface area (Å²) in [6.45, 7) is 4.57. The van der Waals surface area contributed by atoms with Crippen LogP contribution in [0.5, 0.6) is 5.75 Å². The topological polar surface area (TPSA) is 126 Å². The summed E-state index contributed by atoms with van der Waals surface area (Å²) in [5.41, 5.74) is 0. The lowest BCUT2D eigenvalue weighted by atomic mass is 9.96. The molecule has 1 saturated heterocycles. The summed E-state index contributed by atoms with van der Waals surface area (Å²) in [5, 5.41) is 4.38. The van der Waals surface area contributed by atoms with Gasteiger partial charge in [0.25, 0.3) is 0 Å². The van der Waals surface area contributed by atoms with E-state index in [0.717, 1.165) is 10.8 Å². The summed E-state index contributed by atoms with van der Waals surface area (Å²) in [4.78, 5) is 47.3. The molecular weight excluding hydrogens is 446 g/mol. The number of ether oxygens (including phenoxy) is 5. The number of hydrogen-bond donors (Lipinski definition) is 1. The first-order valence-electron chi connectivity index (χ1n) is 10.7. The molecule has 10 heteroatoms. The number of benzene rings is 2. The van der Waals surface area contributed by atoms with E-state index in [4.69, 9.17) is 23.7 Å². The molecule has 2 aromatic rings. The molecule has 1 N–H and O–H groups in total. The van der Waals surface area contributed by atoms with Gasteiger partial charge in [0.1, 0.15) is 24.5 Å². The van der Waals surface area contributed by atoms with Crippen LogP contribution >= 0.6 is 0 Å². The van der Waals surface area contributed by atoms with Gasteiger partial charge in [0.2, 0.25) is 12.2 Å². The Bertz CT molecular complexity index is 1060. The van der Waals surface area contributed by atoms with Crippen LogP contribution in [0.25, 0.3) is 10.8 Å². The van der Waals surface area contributed by atoms with E-state index < -0.39 is 54.5 Å². The molecule has 0 bridgehead atoms. The van der Waals surface area contributed by atoms with Crippen LogP contribution in [0.2, 0.25) is 0 Å². The highest BCUT2D eigenvalue weighted by atomic mass is 16.7. The van der Waals surface area contributed by atoms with Gasteiger partial charge in [0.05, 0.1) is 0 Å². The van der Waals surface area contributed by atoms with Crippen molar-refractivity contribution in [3.8, 4) is 5.75 Å². The van der Waals surface area contributed by atoms with Gasteiger partial charge in [-0.1, -0.05) is 36.4 Å². The number of fused-ring (bicyclic) bond motifs is 1. The number of rotatable bonds is 7. The van der Waals surface area contributed by atoms with E-state index in [1.807, 2.05) is 30.3 Å². The molecule has 34 heavy (non-hydrogen) atoms. The van der Waals surface area contributed by atoms with Crippen molar-refractivity contribution in [1.29, 1.82) is 0 Å². The summed E-state index contributed by atoms with van der Waals surface area (Å²) in [5.74, 6) is -1.91. The van der Waals surface area contributed by atoms with E-state index in [9.17, 15) is 19.2 Å². The zero-order valence-electron chi connectivity index (χ0n) is 19.3. The van der Waals surface area contributed by atoms with E-state index in [-0.39, 0.29) is 6.61 Å². The van der Waals surface area contributed by atoms with Crippen molar-refractivity contribution in [2.75, 3.05) is 6.61 Å². The van der Waals surface area contributed by atoms with Crippen molar-refractivity contribution in [1.82, 2.24) is 5.32 Å². The fourth-order valence-electron chi connectivity index (χ4n) is 3.81. The standard InChI is InChI=1S/C24H27NO9/c1-13(26)25-21-23(32-16(4)29)22(31-15(3)28)20(12-30-14(2)27)34-24(21)33-19-11-7-9-17-8-5-6-10-18(17)19/h5-11,20-24H,12H2,1-4H3,(H,25,26)/t20-,21-,22-,23-,24-/m1/s1. The third-order valence-electron chi connectivity index (χ3n) is 5.06. The first-order valence-corrected chi connectivity index (χ1v) is 10.7. The largest absolute Gasteiger partial charge is 0.463 e. The molecule has 0 saturated carbocycles. The molecule has 182 valence electrons. The number of amides is 1. The molecule has 1 aliphatic heterocycles. The van der Waals surface area contributed by atoms with Crippen LogP contribution in [0, 0.1) is 0 Å². The van der Waals surface area contributed by atoms with Crippen molar-refractivity contribution in [2.24, 2.45) is 0 Å². The van der Waals surface area contributed by atoms with Gasteiger partial charge in [-0.15, -0.1) is 0 Å². The maximum Gasteiger partial charge on any atom is 0.303 e. The summed E-state index contributed by atoms with van der Waals surface area (Å²) >= 11 is 0. The zero-order valence-corrected chi connectivity index (χ0v) is 19.3. The lowest BCUT2D eigenvalue weighted by Gasteiger charge is -2.44. The highest BCUT2D eigenvalue weighted by molar-refractivity contribution is 5.88. The molecular formula is C24H27NO9. The van der Waals surface area contributed by atoms with Gasteiger partial charge in [-0.3, -0.25) is 19.2 Å². The molecule has 10 nitrogen and oxygen atoms in total. The van der Waals surface area contributed by atoms with Crippen LogP contribution in [0.4, 0.5) is 0 Å². The molecule has 1 fully saturated rings. The Labute approximate surface area is 196 Å². The van der Waals surface area contributed by atoms with Gasteiger partial charge in [0, 0.05) is 33.1 Å². The maximum absolute atomic E-state index is 12.0. The SMILES string of the molecule is CC(=O)N[C@H]1[C@H](Oc2cccc3ccccc23)O[C@H](COC(C)=O)[C@@H](OC(C)=O)[C@@H]1OC(C)=O. The van der Waals surface area contributed by atoms with Crippen molar-refractivity contribution in [2.45, 2.75) is 58.3 Å². The highest BCUT2D eigenvalue weighted by Crippen LogP contribution is 2.32. The van der Waals surface area contributed by atoms with Gasteiger partial charge in [-0.05, 0) is 11.5 Å². The smallest absolute Gasteiger partial charge is 0.303 e. The van der Waals surface area contributed by atoms with Gasteiger partial charge < -0.3 is 29.0 Å². The molecule has 3 rings (SSSR count). The van der Waals surface area contributed by atoms with Gasteiger partial charge in [-0.2, -0.15) is 0 Å². The molecule has 0 spiro atoms. The molecule has 0 radical (unpaired) electrons. The zero-order chi connectivity index (χ0) is 24.8. The molecule has 2 aromatic carbocycles. The van der Waals surface area contributed by atoms with E-state index in [2.05, 4.69) is 5.32 Å². The van der Waals surface area contributed by atoms with Crippen molar-refractivity contribution in [3.05, 3.63) is 42.5 Å². The van der Waals surface area contributed by atoms with Crippen LogP contribution in [-0.4, -0.2) is 61.1 Å². The lowest BCUT2D eigenvalue weighted by Crippen LogP contribution is -2.67. The average Bonchev–Trinajstić information content (AvgIpc) is 2.75. The summed E-state index contributed by atoms with van der Waals surface area (Å²) < 4.78 is 28.2. The molecule has 5 atom stereocenters. The van der Waals surface area contributed by atoms with Crippen LogP contribution < -0.4 is 10.1 Å². The van der Waals surface area contributed by atoms with Crippen LogP contribution in [0.1, 0.15) is 27.7 Å². The highest BCUT2D eigenvalue weighted by Gasteiger charge is 2.52. The Hall–Kier alpha value is -3.66. The number of carbonyl (C=O) groups excluding carboxylic acids is 4. The molecule has 0 unspecified atom stereocenters. The minimum absolute atomic E-state index is 0.298. The predicted octanol–water partition coefficient (Wildman–Crippen LogP) is 1.87. The van der Waals surface area contributed by atoms with Crippen LogP contribution in [0.3, 0.4) is 0 Å². The normalized spacial score (nSPS) is 24.1. The predicted molar refractivity (Wildman–Crippen MR) is 119 cm³/mol. The van der Waals surface area contributed by atoms with Crippen molar-refractivity contribution >= 4 is 34.6 Å². The average molecular weight is 473 g/mol. The van der Waals surface area contributed by atoms with Gasteiger partial charge >= 0.3 is 17.9 Å². The minimum Gasteiger partial charge on any atom is -0.463 e. The molecule has 0 aromatic heterocycles. The second-order valence-corrected chi connectivity index (χ2v) is 7.82. The molecule has 1 aliphatic rings. The minimum atomic E-state index is -1.18. The Morgan fingerprint density at radius 3 is 2.15 bits per heavy atom. The van der Waals surface area contributed by atoms with Crippen LogP contribution in [0.15, 0.2) is 42.5 Å². The first-order chi connectivity index (χ1) is 16.2. The van der Waals surface area contributed by atoms with Gasteiger partial charge in [-0.25, -0.2) is 0 Å². The fourth-order valence-corrected chi connectivity index (χ4v) is 3.81. The van der Waals surface area contributed by atoms with E-state index >= 15 is 0 Å². The molecule has 1 amide bonds.